The summed E-state index contributed by atoms with van der Waals surface area (Å²) in [5.74, 6) is 0.607. The number of benzene rings is 2. The van der Waals surface area contributed by atoms with Crippen LogP contribution in [0.1, 0.15) is 6.92 Å². The quantitative estimate of drug-likeness (QED) is 0.686. The number of ether oxygens (including phenoxy) is 1. The molecule has 1 N–H and O–H groups in total. The first-order chi connectivity index (χ1) is 8.04. The van der Waals surface area contributed by atoms with Crippen molar-refractivity contribution in [1.29, 1.82) is 0 Å². The summed E-state index contributed by atoms with van der Waals surface area (Å²) in [6.45, 7) is 2.35. The van der Waals surface area contributed by atoms with Gasteiger partial charge in [-0.25, -0.2) is 0 Å². The van der Waals surface area contributed by atoms with Crippen LogP contribution < -0.4 is 4.74 Å². The van der Waals surface area contributed by atoms with Crippen LogP contribution in [0.3, 0.4) is 0 Å². The summed E-state index contributed by atoms with van der Waals surface area (Å²) in [5, 5.41) is 1.13. The third-order valence-electron chi connectivity index (χ3n) is 2.42. The number of hydrogen-bond donors (Lipinski definition) is 1. The maximum atomic E-state index is 11.2. The Hall–Kier alpha value is -0.590. The van der Waals surface area contributed by atoms with Crippen molar-refractivity contribution in [1.82, 2.24) is 0 Å². The summed E-state index contributed by atoms with van der Waals surface area (Å²) >= 11 is 0. The molecule has 0 unspecified atom stereocenters. The predicted octanol–water partition coefficient (Wildman–Crippen LogP) is 1.84. The first-order valence-corrected chi connectivity index (χ1v) is 6.60. The number of hydrogen-bond acceptors (Lipinski definition) is 3. The molecule has 2 aromatic rings. The minimum atomic E-state index is -4.22. The summed E-state index contributed by atoms with van der Waals surface area (Å²) in [6, 6.07) is 9.80. The summed E-state index contributed by atoms with van der Waals surface area (Å²) in [7, 11) is -4.22. The standard InChI is InChI=1S/C12H12O4S.Na.H/c1-2-16-11-7-8-12(17(13,14)15)10-6-4-3-5-9(10)11;;/h3-8H,2H2,1H3,(H,13,14,15);;. The van der Waals surface area contributed by atoms with Gasteiger partial charge in [-0.1, -0.05) is 24.3 Å². The molecule has 0 saturated heterocycles. The molecular weight excluding hydrogens is 263 g/mol. The topological polar surface area (TPSA) is 63.6 Å². The van der Waals surface area contributed by atoms with E-state index in [1.54, 1.807) is 30.3 Å². The first-order valence-electron chi connectivity index (χ1n) is 5.16. The van der Waals surface area contributed by atoms with Gasteiger partial charge in [0.15, 0.2) is 0 Å². The zero-order valence-electron chi connectivity index (χ0n) is 9.25. The second kappa shape index (κ2) is 6.04. The third kappa shape index (κ3) is 3.05. The average molecular weight is 276 g/mol. The van der Waals surface area contributed by atoms with Gasteiger partial charge in [0.25, 0.3) is 10.1 Å². The van der Waals surface area contributed by atoms with Crippen LogP contribution in [0.4, 0.5) is 0 Å². The van der Waals surface area contributed by atoms with Crippen LogP contribution in [-0.2, 0) is 10.1 Å². The second-order valence-electron chi connectivity index (χ2n) is 3.52. The van der Waals surface area contributed by atoms with Crippen molar-refractivity contribution in [2.75, 3.05) is 6.61 Å². The molecule has 0 radical (unpaired) electrons. The zero-order chi connectivity index (χ0) is 12.5. The predicted molar refractivity (Wildman–Crippen MR) is 72.1 cm³/mol. The summed E-state index contributed by atoms with van der Waals surface area (Å²) in [5.41, 5.74) is 0. The van der Waals surface area contributed by atoms with E-state index in [1.807, 2.05) is 6.92 Å². The van der Waals surface area contributed by atoms with Gasteiger partial charge in [-0.3, -0.25) is 4.55 Å². The van der Waals surface area contributed by atoms with E-state index in [0.29, 0.717) is 23.1 Å². The Labute approximate surface area is 128 Å². The van der Waals surface area contributed by atoms with Crippen LogP contribution in [0.15, 0.2) is 41.3 Å². The Morgan fingerprint density at radius 1 is 1.11 bits per heavy atom. The SMILES string of the molecule is CCOc1ccc(S(=O)(=O)O)c2ccccc12.[NaH]. The Morgan fingerprint density at radius 2 is 1.72 bits per heavy atom. The van der Waals surface area contributed by atoms with Gasteiger partial charge < -0.3 is 4.74 Å². The molecule has 2 aromatic carbocycles. The summed E-state index contributed by atoms with van der Waals surface area (Å²) in [4.78, 5) is -0.100. The van der Waals surface area contributed by atoms with Crippen LogP contribution in [0.2, 0.25) is 0 Å². The molecule has 18 heavy (non-hydrogen) atoms. The molecular formula is C12H13NaO4S. The van der Waals surface area contributed by atoms with Crippen LogP contribution in [-0.4, -0.2) is 49.1 Å². The van der Waals surface area contributed by atoms with Crippen molar-refractivity contribution in [3.63, 3.8) is 0 Å². The molecule has 0 saturated carbocycles. The molecule has 0 bridgehead atoms. The van der Waals surface area contributed by atoms with E-state index in [2.05, 4.69) is 0 Å². The van der Waals surface area contributed by atoms with Crippen LogP contribution >= 0.6 is 0 Å². The fraction of sp³-hybridized carbons (Fsp3) is 0.167. The van der Waals surface area contributed by atoms with Crippen LogP contribution in [0.5, 0.6) is 5.75 Å². The summed E-state index contributed by atoms with van der Waals surface area (Å²) < 4.78 is 37.0. The van der Waals surface area contributed by atoms with Crippen molar-refractivity contribution in [2.24, 2.45) is 0 Å². The van der Waals surface area contributed by atoms with Crippen molar-refractivity contribution >= 4 is 50.4 Å². The molecule has 0 spiro atoms. The van der Waals surface area contributed by atoms with Gasteiger partial charge in [-0.05, 0) is 19.1 Å². The van der Waals surface area contributed by atoms with Gasteiger partial charge >= 0.3 is 29.6 Å². The molecule has 6 heteroatoms. The van der Waals surface area contributed by atoms with Gasteiger partial charge in [0.05, 0.1) is 6.61 Å². The van der Waals surface area contributed by atoms with Crippen LogP contribution in [0, 0.1) is 0 Å². The zero-order valence-corrected chi connectivity index (χ0v) is 10.1. The maximum absolute atomic E-state index is 11.2. The molecule has 0 aliphatic rings. The second-order valence-corrected chi connectivity index (χ2v) is 4.91. The fourth-order valence-electron chi connectivity index (χ4n) is 1.75. The van der Waals surface area contributed by atoms with Gasteiger partial charge in [-0.2, -0.15) is 8.42 Å². The van der Waals surface area contributed by atoms with Crippen molar-refractivity contribution in [2.45, 2.75) is 11.8 Å². The van der Waals surface area contributed by atoms with E-state index in [0.717, 1.165) is 0 Å². The van der Waals surface area contributed by atoms with Gasteiger partial charge in [0.2, 0.25) is 0 Å². The Morgan fingerprint density at radius 3 is 2.28 bits per heavy atom. The molecule has 0 aromatic heterocycles. The molecule has 92 valence electrons. The van der Waals surface area contributed by atoms with E-state index in [9.17, 15) is 8.42 Å². The molecule has 2 rings (SSSR count). The van der Waals surface area contributed by atoms with Crippen LogP contribution in [0.25, 0.3) is 10.8 Å². The first kappa shape index (κ1) is 15.5. The molecule has 4 nitrogen and oxygen atoms in total. The molecule has 0 atom stereocenters. The third-order valence-corrected chi connectivity index (χ3v) is 3.33. The van der Waals surface area contributed by atoms with E-state index < -0.39 is 10.1 Å². The Bertz CT molecular complexity index is 652. The fourth-order valence-corrected chi connectivity index (χ4v) is 2.45. The van der Waals surface area contributed by atoms with E-state index in [1.165, 1.54) is 6.07 Å². The Balaban J connectivity index is 0.00000162. The monoisotopic (exact) mass is 276 g/mol. The average Bonchev–Trinajstić information content (AvgIpc) is 2.28. The normalized spacial score (nSPS) is 11.0. The van der Waals surface area contributed by atoms with E-state index in [4.69, 9.17) is 9.29 Å². The van der Waals surface area contributed by atoms with E-state index in [-0.39, 0.29) is 34.5 Å². The number of fused-ring (bicyclic) bond motifs is 1. The van der Waals surface area contributed by atoms with E-state index >= 15 is 0 Å². The molecule has 0 heterocycles. The van der Waals surface area contributed by atoms with Crippen molar-refractivity contribution in [3.05, 3.63) is 36.4 Å². The summed E-state index contributed by atoms with van der Waals surface area (Å²) in [6.07, 6.45) is 0. The van der Waals surface area contributed by atoms with Gasteiger partial charge in [-0.15, -0.1) is 0 Å². The minimum absolute atomic E-state index is 0. The number of rotatable bonds is 3. The van der Waals surface area contributed by atoms with Gasteiger partial charge in [0, 0.05) is 10.8 Å². The van der Waals surface area contributed by atoms with Gasteiger partial charge in [0.1, 0.15) is 10.6 Å². The Kier molecular flexibility index (Phi) is 5.19. The molecule has 0 fully saturated rings. The molecule has 0 amide bonds. The molecule has 0 aliphatic carbocycles. The van der Waals surface area contributed by atoms with Crippen molar-refractivity contribution < 1.29 is 17.7 Å². The molecule has 0 aliphatic heterocycles. The van der Waals surface area contributed by atoms with Crippen molar-refractivity contribution in [3.8, 4) is 5.75 Å².